The van der Waals surface area contributed by atoms with Crippen LogP contribution in [0.5, 0.6) is 0 Å². The van der Waals surface area contributed by atoms with Crippen LogP contribution in [-0.4, -0.2) is 21.2 Å². The summed E-state index contributed by atoms with van der Waals surface area (Å²) in [5.74, 6) is 0.290. The zero-order valence-corrected chi connectivity index (χ0v) is 10.9. The van der Waals surface area contributed by atoms with E-state index in [9.17, 15) is 4.79 Å². The second-order valence-electron chi connectivity index (χ2n) is 4.10. The summed E-state index contributed by atoms with van der Waals surface area (Å²) in [5, 5.41) is 12.7. The second-order valence-corrected chi connectivity index (χ2v) is 4.10. The van der Waals surface area contributed by atoms with E-state index in [4.69, 9.17) is 4.42 Å². The van der Waals surface area contributed by atoms with Crippen LogP contribution in [-0.2, 0) is 0 Å². The zero-order valence-electron chi connectivity index (χ0n) is 10.9. The molecule has 104 valence electrons. The molecule has 3 rings (SSSR count). The summed E-state index contributed by atoms with van der Waals surface area (Å²) < 4.78 is 5.34. The Hall–Kier alpha value is -3.22. The maximum absolute atomic E-state index is 11.8. The Morgan fingerprint density at radius 3 is 2.62 bits per heavy atom. The largest absolute Gasteiger partial charge is 0.403 e. The number of hydrogen-bond acceptors (Lipinski definition) is 5. The molecule has 2 amide bonds. The highest BCUT2D eigenvalue weighted by Crippen LogP contribution is 2.18. The Morgan fingerprint density at radius 2 is 1.86 bits per heavy atom. The lowest BCUT2D eigenvalue weighted by Crippen LogP contribution is -2.19. The number of pyridine rings is 1. The van der Waals surface area contributed by atoms with Gasteiger partial charge in [-0.05, 0) is 24.3 Å². The predicted octanol–water partition coefficient (Wildman–Crippen LogP) is 2.78. The van der Waals surface area contributed by atoms with Gasteiger partial charge in [-0.15, -0.1) is 5.10 Å². The number of carbonyl (C=O) groups is 1. The topological polar surface area (TPSA) is 92.9 Å². The molecule has 0 saturated carbocycles. The van der Waals surface area contributed by atoms with Crippen LogP contribution in [0.4, 0.5) is 16.5 Å². The van der Waals surface area contributed by atoms with E-state index in [1.807, 2.05) is 18.2 Å². The molecule has 0 spiro atoms. The van der Waals surface area contributed by atoms with E-state index in [-0.39, 0.29) is 11.9 Å². The predicted molar refractivity (Wildman–Crippen MR) is 76.6 cm³/mol. The van der Waals surface area contributed by atoms with Crippen molar-refractivity contribution in [1.29, 1.82) is 0 Å². The van der Waals surface area contributed by atoms with E-state index in [0.29, 0.717) is 11.3 Å². The molecule has 7 nitrogen and oxygen atoms in total. The number of nitrogens with zero attached hydrogens (tertiary/aromatic N) is 3. The summed E-state index contributed by atoms with van der Waals surface area (Å²) in [7, 11) is 0. The minimum Gasteiger partial charge on any atom is -0.403 e. The minimum atomic E-state index is -0.456. The number of carbonyl (C=O) groups excluding carboxylic acids is 1. The number of aromatic nitrogens is 3. The van der Waals surface area contributed by atoms with Crippen molar-refractivity contribution in [3.63, 3.8) is 0 Å². The van der Waals surface area contributed by atoms with Gasteiger partial charge in [-0.25, -0.2) is 4.79 Å². The number of hydrogen-bond donors (Lipinski definition) is 2. The van der Waals surface area contributed by atoms with E-state index in [1.165, 1.54) is 0 Å². The van der Waals surface area contributed by atoms with Gasteiger partial charge in [0.05, 0.1) is 5.56 Å². The number of urea groups is 1. The Kier molecular flexibility index (Phi) is 3.55. The third-order valence-electron chi connectivity index (χ3n) is 2.59. The van der Waals surface area contributed by atoms with Crippen LogP contribution in [0.2, 0.25) is 0 Å². The van der Waals surface area contributed by atoms with Crippen molar-refractivity contribution in [1.82, 2.24) is 15.2 Å². The van der Waals surface area contributed by atoms with Crippen LogP contribution in [0.15, 0.2) is 59.3 Å². The average Bonchev–Trinajstić information content (AvgIpc) is 2.97. The van der Waals surface area contributed by atoms with Gasteiger partial charge in [0.15, 0.2) is 0 Å². The normalized spacial score (nSPS) is 10.1. The zero-order chi connectivity index (χ0) is 14.5. The van der Waals surface area contributed by atoms with Gasteiger partial charge in [-0.3, -0.25) is 10.3 Å². The standard InChI is InChI=1S/C14H11N5O2/c20-13(16-11-6-2-1-3-7-11)17-14-19-18-12(21-14)10-5-4-8-15-9-10/h1-9H,(H2,16,17,19,20). The number of rotatable bonds is 3. The highest BCUT2D eigenvalue weighted by Gasteiger charge is 2.11. The van der Waals surface area contributed by atoms with Crippen molar-refractivity contribution in [3.05, 3.63) is 54.9 Å². The number of anilines is 2. The van der Waals surface area contributed by atoms with Crippen molar-refractivity contribution in [2.24, 2.45) is 0 Å². The molecular weight excluding hydrogens is 270 g/mol. The summed E-state index contributed by atoms with van der Waals surface area (Å²) in [5.41, 5.74) is 1.35. The van der Waals surface area contributed by atoms with Gasteiger partial charge in [0, 0.05) is 18.1 Å². The monoisotopic (exact) mass is 281 g/mol. The first-order chi connectivity index (χ1) is 10.3. The molecule has 2 N–H and O–H groups in total. The molecular formula is C14H11N5O2. The van der Waals surface area contributed by atoms with Crippen LogP contribution in [0.1, 0.15) is 0 Å². The average molecular weight is 281 g/mol. The number of amides is 2. The summed E-state index contributed by atoms with van der Waals surface area (Å²) >= 11 is 0. The van der Waals surface area contributed by atoms with Crippen LogP contribution in [0.25, 0.3) is 11.5 Å². The molecule has 0 fully saturated rings. The fourth-order valence-electron chi connectivity index (χ4n) is 1.66. The lowest BCUT2D eigenvalue weighted by molar-refractivity contribution is 0.261. The Balaban J connectivity index is 1.66. The number of nitrogens with one attached hydrogen (secondary N) is 2. The Morgan fingerprint density at radius 1 is 1.00 bits per heavy atom. The van der Waals surface area contributed by atoms with Gasteiger partial charge in [0.2, 0.25) is 0 Å². The molecule has 0 aliphatic rings. The van der Waals surface area contributed by atoms with E-state index in [1.54, 1.807) is 36.7 Å². The summed E-state index contributed by atoms with van der Waals surface area (Å²) in [6.07, 6.45) is 3.24. The fourth-order valence-corrected chi connectivity index (χ4v) is 1.66. The van der Waals surface area contributed by atoms with Gasteiger partial charge in [-0.2, -0.15) is 0 Å². The van der Waals surface area contributed by atoms with E-state index in [2.05, 4.69) is 25.8 Å². The van der Waals surface area contributed by atoms with Crippen molar-refractivity contribution < 1.29 is 9.21 Å². The van der Waals surface area contributed by atoms with E-state index in [0.717, 1.165) is 0 Å². The summed E-state index contributed by atoms with van der Waals surface area (Å²) in [6, 6.07) is 12.2. The summed E-state index contributed by atoms with van der Waals surface area (Å²) in [6.45, 7) is 0. The molecule has 2 aromatic heterocycles. The Bertz CT molecular complexity index is 727. The first kappa shape index (κ1) is 12.8. The molecule has 0 saturated heterocycles. The van der Waals surface area contributed by atoms with Crippen LogP contribution >= 0.6 is 0 Å². The molecule has 21 heavy (non-hydrogen) atoms. The molecule has 0 bridgehead atoms. The number of para-hydroxylation sites is 1. The smallest absolute Gasteiger partial charge is 0.327 e. The molecule has 1 aromatic carbocycles. The minimum absolute atomic E-state index is 0.0160. The number of benzene rings is 1. The van der Waals surface area contributed by atoms with Gasteiger partial charge in [-0.1, -0.05) is 23.3 Å². The highest BCUT2D eigenvalue weighted by atomic mass is 16.4. The Labute approximate surface area is 120 Å². The molecule has 3 aromatic rings. The van der Waals surface area contributed by atoms with Crippen molar-refractivity contribution in [3.8, 4) is 11.5 Å². The quantitative estimate of drug-likeness (QED) is 0.770. The lowest BCUT2D eigenvalue weighted by Gasteiger charge is -2.03. The molecule has 0 atom stereocenters. The molecule has 7 heteroatoms. The van der Waals surface area contributed by atoms with Crippen LogP contribution in [0, 0.1) is 0 Å². The van der Waals surface area contributed by atoms with Crippen molar-refractivity contribution >= 4 is 17.7 Å². The molecule has 0 aliphatic carbocycles. The SMILES string of the molecule is O=C(Nc1ccccc1)Nc1nnc(-c2cccnc2)o1. The van der Waals surface area contributed by atoms with Crippen LogP contribution in [0.3, 0.4) is 0 Å². The van der Waals surface area contributed by atoms with Gasteiger partial charge in [0.1, 0.15) is 0 Å². The maximum atomic E-state index is 11.8. The third-order valence-corrected chi connectivity index (χ3v) is 2.59. The second kappa shape index (κ2) is 5.83. The van der Waals surface area contributed by atoms with Gasteiger partial charge >= 0.3 is 12.0 Å². The molecule has 2 heterocycles. The van der Waals surface area contributed by atoms with E-state index >= 15 is 0 Å². The lowest BCUT2D eigenvalue weighted by atomic mass is 10.3. The first-order valence-electron chi connectivity index (χ1n) is 6.18. The maximum Gasteiger partial charge on any atom is 0.327 e. The van der Waals surface area contributed by atoms with E-state index < -0.39 is 6.03 Å². The summed E-state index contributed by atoms with van der Waals surface area (Å²) in [4.78, 5) is 15.7. The van der Waals surface area contributed by atoms with Crippen molar-refractivity contribution in [2.45, 2.75) is 0 Å². The van der Waals surface area contributed by atoms with Gasteiger partial charge < -0.3 is 9.73 Å². The first-order valence-corrected chi connectivity index (χ1v) is 6.18. The van der Waals surface area contributed by atoms with Gasteiger partial charge in [0.25, 0.3) is 5.89 Å². The molecule has 0 unspecified atom stereocenters. The highest BCUT2D eigenvalue weighted by molar-refractivity contribution is 5.98. The fraction of sp³-hybridized carbons (Fsp3) is 0. The van der Waals surface area contributed by atoms with Crippen LogP contribution < -0.4 is 10.6 Å². The molecule has 0 aliphatic heterocycles. The van der Waals surface area contributed by atoms with Crippen molar-refractivity contribution in [2.75, 3.05) is 10.6 Å². The third kappa shape index (κ3) is 3.21. The molecule has 0 radical (unpaired) electrons.